The second-order valence-corrected chi connectivity index (χ2v) is 10.7. The van der Waals surface area contributed by atoms with E-state index in [2.05, 4.69) is 21.8 Å². The first-order chi connectivity index (χ1) is 16.1. The molecule has 1 saturated heterocycles. The van der Waals surface area contributed by atoms with Crippen LogP contribution in [0.4, 0.5) is 5.82 Å². The first kappa shape index (κ1) is 24.7. The monoisotopic (exact) mass is 487 g/mol. The van der Waals surface area contributed by atoms with Gasteiger partial charge in [-0.3, -0.25) is 4.79 Å². The van der Waals surface area contributed by atoms with Crippen LogP contribution in [0.5, 0.6) is 11.6 Å². The van der Waals surface area contributed by atoms with E-state index in [0.29, 0.717) is 41.4 Å². The van der Waals surface area contributed by atoms with Gasteiger partial charge in [0, 0.05) is 25.3 Å². The molecule has 3 unspecified atom stereocenters. The van der Waals surface area contributed by atoms with Gasteiger partial charge in [0.05, 0.1) is 12.1 Å². The van der Waals surface area contributed by atoms with Crippen molar-refractivity contribution in [1.82, 2.24) is 9.97 Å². The van der Waals surface area contributed by atoms with Crippen LogP contribution in [0.1, 0.15) is 58.4 Å². The number of aliphatic hydroxyl groups is 1. The molecule has 2 fully saturated rings. The number of nitrogens with zero attached hydrogens (tertiary/aromatic N) is 3. The fraction of sp³-hybridized carbons (Fsp3) is 0.577. The number of ketones is 1. The Kier molecular flexibility index (Phi) is 7.33. The van der Waals surface area contributed by atoms with E-state index in [1.54, 1.807) is 13.8 Å². The molecule has 0 amide bonds. The maximum absolute atomic E-state index is 12.5. The second-order valence-electron chi connectivity index (χ2n) is 10.3. The lowest BCUT2D eigenvalue weighted by Crippen LogP contribution is -2.29. The second kappa shape index (κ2) is 10.1. The fourth-order valence-electron chi connectivity index (χ4n) is 4.26. The van der Waals surface area contributed by atoms with Crippen LogP contribution in [-0.2, 0) is 4.79 Å². The van der Waals surface area contributed by atoms with Gasteiger partial charge in [-0.25, -0.2) is 9.97 Å². The summed E-state index contributed by atoms with van der Waals surface area (Å²) in [5.41, 5.74) is 0.0438. The van der Waals surface area contributed by atoms with Crippen molar-refractivity contribution < 1.29 is 19.4 Å². The maximum atomic E-state index is 12.5. The van der Waals surface area contributed by atoms with E-state index in [0.717, 1.165) is 24.3 Å². The highest BCUT2D eigenvalue weighted by atomic mass is 35.5. The molecule has 0 radical (unpaired) electrons. The number of anilines is 1. The van der Waals surface area contributed by atoms with Gasteiger partial charge >= 0.3 is 0 Å². The van der Waals surface area contributed by atoms with Gasteiger partial charge in [0.2, 0.25) is 5.88 Å². The lowest BCUT2D eigenvalue weighted by atomic mass is 9.93. The smallest absolute Gasteiger partial charge is 0.238 e. The van der Waals surface area contributed by atoms with E-state index in [1.807, 2.05) is 31.2 Å². The molecule has 2 heterocycles. The summed E-state index contributed by atoms with van der Waals surface area (Å²) in [5, 5.41) is 10.2. The number of Topliss-reactive ketones (excluding diaryl/α,β-unsaturated/α-hetero) is 1. The molecule has 2 aromatic rings. The number of benzene rings is 1. The minimum Gasteiger partial charge on any atom is -0.489 e. The van der Waals surface area contributed by atoms with E-state index < -0.39 is 5.60 Å². The van der Waals surface area contributed by atoms with E-state index in [-0.39, 0.29) is 24.5 Å². The Morgan fingerprint density at radius 1 is 1.29 bits per heavy atom. The van der Waals surface area contributed by atoms with Crippen molar-refractivity contribution in [3.8, 4) is 11.6 Å². The summed E-state index contributed by atoms with van der Waals surface area (Å²) in [6.07, 6.45) is 4.11. The molecule has 0 spiro atoms. The fourth-order valence-corrected chi connectivity index (χ4v) is 4.53. The van der Waals surface area contributed by atoms with Crippen molar-refractivity contribution in [2.45, 2.75) is 64.6 Å². The molecule has 1 aliphatic heterocycles. The summed E-state index contributed by atoms with van der Waals surface area (Å²) in [4.78, 5) is 23.0. The molecule has 1 N–H and O–H groups in total. The number of carbonyl (C=O) groups excluding carboxylic acids is 1. The molecule has 4 rings (SSSR count). The molecule has 1 saturated carbocycles. The average molecular weight is 488 g/mol. The highest BCUT2D eigenvalue weighted by Gasteiger charge is 2.35. The Labute approximate surface area is 206 Å². The van der Waals surface area contributed by atoms with E-state index in [1.165, 1.54) is 12.7 Å². The Balaban J connectivity index is 1.32. The predicted molar refractivity (Wildman–Crippen MR) is 132 cm³/mol. The lowest BCUT2D eigenvalue weighted by Gasteiger charge is -2.21. The molecule has 2 aliphatic rings. The Morgan fingerprint density at radius 3 is 2.65 bits per heavy atom. The molecule has 1 aliphatic carbocycles. The van der Waals surface area contributed by atoms with Crippen LogP contribution in [0.25, 0.3) is 0 Å². The summed E-state index contributed by atoms with van der Waals surface area (Å²) in [5.74, 6) is 3.15. The average Bonchev–Trinajstić information content (AvgIpc) is 3.28. The number of hydrogen-bond acceptors (Lipinski definition) is 7. The maximum Gasteiger partial charge on any atom is 0.238 e. The van der Waals surface area contributed by atoms with E-state index >= 15 is 0 Å². The normalized spacial score (nSPS) is 23.0. The van der Waals surface area contributed by atoms with Crippen LogP contribution in [-0.4, -0.2) is 52.3 Å². The molecule has 34 heavy (non-hydrogen) atoms. The zero-order chi connectivity index (χ0) is 24.5. The standard InChI is InChI=1S/C26H34ClN3O4/c1-16-11-19(16)12-22(31)17(2)18-5-7-20(8-6-18)34-21-9-10-30(13-21)24-23(27)25(29-15-28-24)33-14-26(3,4)32/h5-8,15-17,19,21,32H,9-14H2,1-4H3/t16?,17?,19?,21-/m1/s1. The van der Waals surface area contributed by atoms with Gasteiger partial charge in [0.15, 0.2) is 5.82 Å². The number of rotatable bonds is 10. The van der Waals surface area contributed by atoms with Gasteiger partial charge < -0.3 is 19.5 Å². The quantitative estimate of drug-likeness (QED) is 0.521. The molecule has 0 bridgehead atoms. The number of ether oxygens (including phenoxy) is 2. The summed E-state index contributed by atoms with van der Waals surface area (Å²) in [6, 6.07) is 7.88. The van der Waals surface area contributed by atoms with Gasteiger partial charge in [-0.15, -0.1) is 0 Å². The topological polar surface area (TPSA) is 84.8 Å². The lowest BCUT2D eigenvalue weighted by molar-refractivity contribution is -0.120. The zero-order valence-corrected chi connectivity index (χ0v) is 21.1. The molecule has 4 atom stereocenters. The Morgan fingerprint density at radius 2 is 2.00 bits per heavy atom. The first-order valence-corrected chi connectivity index (χ1v) is 12.4. The van der Waals surface area contributed by atoms with Crippen LogP contribution >= 0.6 is 11.6 Å². The van der Waals surface area contributed by atoms with Crippen LogP contribution < -0.4 is 14.4 Å². The Bertz CT molecular complexity index is 1010. The molecular formula is C26H34ClN3O4. The third-order valence-corrected chi connectivity index (χ3v) is 6.98. The van der Waals surface area contributed by atoms with Crippen LogP contribution in [0.2, 0.25) is 5.02 Å². The molecule has 1 aromatic heterocycles. The van der Waals surface area contributed by atoms with Crippen molar-refractivity contribution in [1.29, 1.82) is 0 Å². The summed E-state index contributed by atoms with van der Waals surface area (Å²) >= 11 is 6.50. The third kappa shape index (κ3) is 6.19. The van der Waals surface area contributed by atoms with Gasteiger partial charge in [-0.2, -0.15) is 0 Å². The minimum atomic E-state index is -0.989. The largest absolute Gasteiger partial charge is 0.489 e. The molecule has 7 nitrogen and oxygen atoms in total. The predicted octanol–water partition coefficient (Wildman–Crippen LogP) is 4.66. The third-order valence-electron chi connectivity index (χ3n) is 6.65. The minimum absolute atomic E-state index is 0.00645. The van der Waals surface area contributed by atoms with Gasteiger partial charge in [0.1, 0.15) is 35.6 Å². The first-order valence-electron chi connectivity index (χ1n) is 12.0. The molecule has 8 heteroatoms. The van der Waals surface area contributed by atoms with Crippen LogP contribution in [0.3, 0.4) is 0 Å². The van der Waals surface area contributed by atoms with Crippen LogP contribution in [0, 0.1) is 11.8 Å². The number of halogens is 1. The van der Waals surface area contributed by atoms with Crippen molar-refractivity contribution in [3.63, 3.8) is 0 Å². The van der Waals surface area contributed by atoms with Gasteiger partial charge in [0.25, 0.3) is 0 Å². The number of aromatic nitrogens is 2. The van der Waals surface area contributed by atoms with Crippen molar-refractivity contribution >= 4 is 23.2 Å². The zero-order valence-electron chi connectivity index (χ0n) is 20.3. The van der Waals surface area contributed by atoms with Crippen molar-refractivity contribution in [3.05, 3.63) is 41.2 Å². The molecule has 184 valence electrons. The van der Waals surface area contributed by atoms with E-state index in [4.69, 9.17) is 21.1 Å². The summed E-state index contributed by atoms with van der Waals surface area (Å²) < 4.78 is 11.8. The van der Waals surface area contributed by atoms with Crippen molar-refractivity contribution in [2.75, 3.05) is 24.6 Å². The molecule has 1 aromatic carbocycles. The van der Waals surface area contributed by atoms with Gasteiger partial charge in [-0.05, 0) is 49.8 Å². The molecular weight excluding hydrogens is 454 g/mol. The van der Waals surface area contributed by atoms with E-state index in [9.17, 15) is 9.90 Å². The highest BCUT2D eigenvalue weighted by molar-refractivity contribution is 6.34. The van der Waals surface area contributed by atoms with Gasteiger partial charge in [-0.1, -0.05) is 37.6 Å². The highest BCUT2D eigenvalue weighted by Crippen LogP contribution is 2.42. The summed E-state index contributed by atoms with van der Waals surface area (Å²) in [6.45, 7) is 8.98. The Hall–Kier alpha value is -2.38. The number of carbonyl (C=O) groups is 1. The summed E-state index contributed by atoms with van der Waals surface area (Å²) in [7, 11) is 0. The van der Waals surface area contributed by atoms with Crippen LogP contribution in [0.15, 0.2) is 30.6 Å². The number of hydrogen-bond donors (Lipinski definition) is 1. The van der Waals surface area contributed by atoms with Crippen molar-refractivity contribution in [2.24, 2.45) is 11.8 Å². The SMILES string of the molecule is CC(C(=O)CC1CC1C)c1ccc(O[C@@H]2CCN(c3ncnc(OCC(C)(C)O)c3Cl)C2)cc1.